The van der Waals surface area contributed by atoms with Gasteiger partial charge in [0.25, 0.3) is 0 Å². The van der Waals surface area contributed by atoms with Crippen LogP contribution in [0.15, 0.2) is 12.2 Å². The summed E-state index contributed by atoms with van der Waals surface area (Å²) in [5.41, 5.74) is 0. The predicted molar refractivity (Wildman–Crippen MR) is 38.1 cm³/mol. The zero-order chi connectivity index (χ0) is 6.57. The first kappa shape index (κ1) is 7.50. The Morgan fingerprint density at radius 1 is 1.38 bits per heavy atom. The number of thiocarbonyl (C=S) groups is 1. The molecule has 0 saturated carbocycles. The van der Waals surface area contributed by atoms with Crippen molar-refractivity contribution in [2.45, 2.75) is 13.8 Å². The average molecular weight is 128 g/mol. The largest absolute Gasteiger partial charge is 0.295 e. The van der Waals surface area contributed by atoms with Gasteiger partial charge in [-0.2, -0.15) is 0 Å². The van der Waals surface area contributed by atoms with Gasteiger partial charge in [0.2, 0.25) is 0 Å². The van der Waals surface area contributed by atoms with Crippen molar-refractivity contribution in [3.8, 4) is 0 Å². The minimum atomic E-state index is 0.0363. The first-order valence-electron chi connectivity index (χ1n) is 2.32. The van der Waals surface area contributed by atoms with Crippen LogP contribution in [-0.4, -0.2) is 10.6 Å². The smallest absolute Gasteiger partial charge is 0.152 e. The van der Waals surface area contributed by atoms with Crippen LogP contribution >= 0.6 is 12.2 Å². The van der Waals surface area contributed by atoms with E-state index in [1.165, 1.54) is 13.0 Å². The van der Waals surface area contributed by atoms with Crippen LogP contribution in [0.4, 0.5) is 0 Å². The number of rotatable bonds is 2. The molecule has 0 fully saturated rings. The third-order valence-corrected chi connectivity index (χ3v) is 0.689. The van der Waals surface area contributed by atoms with E-state index >= 15 is 0 Å². The summed E-state index contributed by atoms with van der Waals surface area (Å²) >= 11 is 4.67. The standard InChI is InChI=1S/C6H8OS/c1-5(7)3-4-6(2)8/h3-4H,1-2H3. The van der Waals surface area contributed by atoms with Crippen molar-refractivity contribution in [2.75, 3.05) is 0 Å². The maximum Gasteiger partial charge on any atom is 0.152 e. The summed E-state index contributed by atoms with van der Waals surface area (Å²) in [5, 5.41) is 0. The van der Waals surface area contributed by atoms with Crippen molar-refractivity contribution in [2.24, 2.45) is 0 Å². The Hall–Kier alpha value is -0.500. The molecule has 0 saturated heterocycles. The molecule has 0 aromatic heterocycles. The molecule has 0 N–H and O–H groups in total. The van der Waals surface area contributed by atoms with E-state index in [0.717, 1.165) is 4.86 Å². The van der Waals surface area contributed by atoms with Crippen LogP contribution < -0.4 is 0 Å². The number of allylic oxidation sites excluding steroid dienone is 2. The molecule has 8 heavy (non-hydrogen) atoms. The van der Waals surface area contributed by atoms with Gasteiger partial charge in [0, 0.05) is 4.86 Å². The van der Waals surface area contributed by atoms with E-state index in [0.29, 0.717) is 0 Å². The highest BCUT2D eigenvalue weighted by molar-refractivity contribution is 7.80. The molecule has 0 radical (unpaired) electrons. The molecule has 0 unspecified atom stereocenters. The van der Waals surface area contributed by atoms with E-state index in [2.05, 4.69) is 12.2 Å². The molecule has 0 aromatic carbocycles. The molecule has 0 bridgehead atoms. The summed E-state index contributed by atoms with van der Waals surface area (Å²) in [7, 11) is 0. The third-order valence-electron chi connectivity index (χ3n) is 0.553. The van der Waals surface area contributed by atoms with Gasteiger partial charge in [0.05, 0.1) is 0 Å². The van der Waals surface area contributed by atoms with E-state index in [1.54, 1.807) is 13.0 Å². The lowest BCUT2D eigenvalue weighted by molar-refractivity contribution is -0.112. The van der Waals surface area contributed by atoms with Crippen molar-refractivity contribution >= 4 is 22.9 Å². The zero-order valence-electron chi connectivity index (χ0n) is 4.97. The Kier molecular flexibility index (Phi) is 3.28. The quantitative estimate of drug-likeness (QED) is 0.414. The molecule has 2 heteroatoms. The lowest BCUT2D eigenvalue weighted by atomic mass is 10.3. The lowest BCUT2D eigenvalue weighted by Crippen LogP contribution is -1.83. The van der Waals surface area contributed by atoms with E-state index < -0.39 is 0 Å². The monoisotopic (exact) mass is 128 g/mol. The molecular weight excluding hydrogens is 120 g/mol. The number of hydrogen-bond donors (Lipinski definition) is 0. The molecule has 0 aliphatic carbocycles. The van der Waals surface area contributed by atoms with Gasteiger partial charge < -0.3 is 0 Å². The SMILES string of the molecule is CC(=O)C=CC(C)=S. The van der Waals surface area contributed by atoms with Crippen molar-refractivity contribution < 1.29 is 4.79 Å². The Morgan fingerprint density at radius 3 is 2.00 bits per heavy atom. The third kappa shape index (κ3) is 5.50. The lowest BCUT2D eigenvalue weighted by Gasteiger charge is -1.77. The molecule has 0 amide bonds. The second-order valence-corrected chi connectivity index (χ2v) is 2.20. The molecule has 1 nitrogen and oxygen atoms in total. The molecule has 0 aliphatic heterocycles. The van der Waals surface area contributed by atoms with Crippen LogP contribution in [0.5, 0.6) is 0 Å². The molecule has 0 rings (SSSR count). The maximum atomic E-state index is 10.2. The van der Waals surface area contributed by atoms with Gasteiger partial charge in [0.15, 0.2) is 5.78 Å². The topological polar surface area (TPSA) is 17.1 Å². The summed E-state index contributed by atoms with van der Waals surface area (Å²) in [6.07, 6.45) is 3.08. The molecule has 0 atom stereocenters. The Morgan fingerprint density at radius 2 is 1.88 bits per heavy atom. The second-order valence-electron chi connectivity index (χ2n) is 1.55. The fourth-order valence-electron chi connectivity index (χ4n) is 0.235. The van der Waals surface area contributed by atoms with Crippen LogP contribution in [0.2, 0.25) is 0 Å². The molecule has 0 heterocycles. The zero-order valence-corrected chi connectivity index (χ0v) is 5.79. The van der Waals surface area contributed by atoms with Crippen LogP contribution in [0, 0.1) is 0 Å². The minimum Gasteiger partial charge on any atom is -0.295 e. The number of hydrogen-bond acceptors (Lipinski definition) is 2. The average Bonchev–Trinajstić information content (AvgIpc) is 1.61. The summed E-state index contributed by atoms with van der Waals surface area (Å²) in [5.74, 6) is 0.0363. The first-order valence-corrected chi connectivity index (χ1v) is 2.73. The van der Waals surface area contributed by atoms with Crippen LogP contribution in [0.3, 0.4) is 0 Å². The second kappa shape index (κ2) is 3.50. The minimum absolute atomic E-state index is 0.0363. The highest BCUT2D eigenvalue weighted by Gasteiger charge is 1.80. The predicted octanol–water partition coefficient (Wildman–Crippen LogP) is 1.52. The van der Waals surface area contributed by atoms with E-state index in [9.17, 15) is 4.79 Å². The number of ketones is 1. The Labute approximate surface area is 54.4 Å². The van der Waals surface area contributed by atoms with Gasteiger partial charge >= 0.3 is 0 Å². The van der Waals surface area contributed by atoms with Crippen LogP contribution in [-0.2, 0) is 4.79 Å². The summed E-state index contributed by atoms with van der Waals surface area (Å²) in [4.78, 5) is 10.9. The van der Waals surface area contributed by atoms with Gasteiger partial charge in [-0.3, -0.25) is 4.79 Å². The molecule has 44 valence electrons. The Bertz CT molecular complexity index is 119. The summed E-state index contributed by atoms with van der Waals surface area (Å²) < 4.78 is 0. The molecule has 0 spiro atoms. The van der Waals surface area contributed by atoms with Crippen molar-refractivity contribution in [1.29, 1.82) is 0 Å². The van der Waals surface area contributed by atoms with Crippen molar-refractivity contribution in [3.05, 3.63) is 12.2 Å². The normalized spacial score (nSPS) is 9.75. The van der Waals surface area contributed by atoms with Gasteiger partial charge in [-0.1, -0.05) is 12.2 Å². The van der Waals surface area contributed by atoms with Crippen LogP contribution in [0.25, 0.3) is 0 Å². The fourth-order valence-corrected chi connectivity index (χ4v) is 0.303. The van der Waals surface area contributed by atoms with E-state index in [1.807, 2.05) is 0 Å². The highest BCUT2D eigenvalue weighted by atomic mass is 32.1. The maximum absolute atomic E-state index is 10.2. The van der Waals surface area contributed by atoms with Crippen molar-refractivity contribution in [3.63, 3.8) is 0 Å². The number of carbonyl (C=O) groups excluding carboxylic acids is 1. The van der Waals surface area contributed by atoms with Gasteiger partial charge in [0.1, 0.15) is 0 Å². The van der Waals surface area contributed by atoms with Crippen molar-refractivity contribution in [1.82, 2.24) is 0 Å². The molecular formula is C6H8OS. The molecule has 0 aliphatic rings. The molecule has 0 aromatic rings. The van der Waals surface area contributed by atoms with E-state index in [4.69, 9.17) is 0 Å². The van der Waals surface area contributed by atoms with Gasteiger partial charge in [-0.25, -0.2) is 0 Å². The summed E-state index contributed by atoms with van der Waals surface area (Å²) in [6, 6.07) is 0. The van der Waals surface area contributed by atoms with E-state index in [-0.39, 0.29) is 5.78 Å². The Balaban J connectivity index is 3.67. The van der Waals surface area contributed by atoms with Gasteiger partial charge in [-0.15, -0.1) is 0 Å². The number of carbonyl (C=O) groups is 1. The first-order chi connectivity index (χ1) is 3.63. The van der Waals surface area contributed by atoms with Crippen LogP contribution in [0.1, 0.15) is 13.8 Å². The van der Waals surface area contributed by atoms with Gasteiger partial charge in [-0.05, 0) is 26.0 Å². The summed E-state index contributed by atoms with van der Waals surface area (Å²) in [6.45, 7) is 3.27. The highest BCUT2D eigenvalue weighted by Crippen LogP contribution is 1.79. The fraction of sp³-hybridized carbons (Fsp3) is 0.333.